The van der Waals surface area contributed by atoms with E-state index in [1.54, 1.807) is 0 Å². The molecule has 0 spiro atoms. The first-order valence-corrected chi connectivity index (χ1v) is 15.4. The van der Waals surface area contributed by atoms with E-state index >= 15 is 0 Å². The maximum Gasteiger partial charge on any atom is 0.142 e. The van der Waals surface area contributed by atoms with Gasteiger partial charge in [-0.05, 0) is 119 Å². The Hall–Kier alpha value is -4.69. The van der Waals surface area contributed by atoms with Crippen LogP contribution in [0, 0.1) is 6.92 Å². The number of aryl methyl sites for hydroxylation is 2. The lowest BCUT2D eigenvalue weighted by atomic mass is 9.80. The van der Waals surface area contributed by atoms with E-state index in [9.17, 15) is 0 Å². The van der Waals surface area contributed by atoms with Crippen LogP contribution in [0.3, 0.4) is 0 Å². The molecule has 9 rings (SSSR count). The molecule has 2 aliphatic carbocycles. The summed E-state index contributed by atoms with van der Waals surface area (Å²) in [6.45, 7) is 2.19. The van der Waals surface area contributed by atoms with Crippen LogP contribution in [-0.4, -0.2) is 9.38 Å². The minimum atomic E-state index is 0.980. The predicted molar refractivity (Wildman–Crippen MR) is 179 cm³/mol. The molecule has 0 radical (unpaired) electrons. The van der Waals surface area contributed by atoms with E-state index in [-0.39, 0.29) is 0 Å². The molecule has 0 aliphatic heterocycles. The molecule has 2 heterocycles. The number of nitrogens with zero attached hydrogens (tertiary/aromatic N) is 2. The summed E-state index contributed by atoms with van der Waals surface area (Å²) in [4.78, 5) is 5.20. The van der Waals surface area contributed by atoms with Gasteiger partial charge in [0, 0.05) is 10.9 Å². The van der Waals surface area contributed by atoms with E-state index in [1.165, 1.54) is 103 Å². The molecule has 0 saturated heterocycles. The molecule has 0 bridgehead atoms. The number of rotatable bonds is 2. The van der Waals surface area contributed by atoms with Crippen molar-refractivity contribution in [3.05, 3.63) is 125 Å². The van der Waals surface area contributed by atoms with E-state index < -0.39 is 0 Å². The van der Waals surface area contributed by atoms with Crippen molar-refractivity contribution < 1.29 is 0 Å². The van der Waals surface area contributed by atoms with E-state index in [2.05, 4.69) is 114 Å². The van der Waals surface area contributed by atoms with Crippen LogP contribution in [0.15, 0.2) is 97.1 Å². The van der Waals surface area contributed by atoms with Gasteiger partial charge in [-0.2, -0.15) is 0 Å². The Bertz CT molecular complexity index is 2250. The Morgan fingerprint density at radius 3 is 2.02 bits per heavy atom. The largest absolute Gasteiger partial charge is 0.292 e. The summed E-state index contributed by atoms with van der Waals surface area (Å²) in [6, 6.07) is 33.8. The third-order valence-electron chi connectivity index (χ3n) is 9.67. The molecule has 0 fully saturated rings. The molecular weight excluding hydrogens is 508 g/mol. The van der Waals surface area contributed by atoms with Crippen LogP contribution in [0.1, 0.15) is 59.9 Å². The molecule has 7 aromatic rings. The molecule has 202 valence electrons. The molecule has 2 aromatic heterocycles. The van der Waals surface area contributed by atoms with Crippen molar-refractivity contribution in [3.8, 4) is 0 Å². The lowest BCUT2D eigenvalue weighted by Crippen LogP contribution is -2.06. The highest BCUT2D eigenvalue weighted by molar-refractivity contribution is 6.18. The van der Waals surface area contributed by atoms with Crippen molar-refractivity contribution in [1.29, 1.82) is 0 Å². The van der Waals surface area contributed by atoms with Gasteiger partial charge in [-0.3, -0.25) is 4.40 Å². The lowest BCUT2D eigenvalue weighted by molar-refractivity contribution is 0.743. The van der Waals surface area contributed by atoms with Crippen LogP contribution in [0.4, 0.5) is 0 Å². The molecule has 0 saturated carbocycles. The summed E-state index contributed by atoms with van der Waals surface area (Å²) in [5.74, 6) is 0. The molecule has 42 heavy (non-hydrogen) atoms. The maximum atomic E-state index is 5.20. The van der Waals surface area contributed by atoms with Gasteiger partial charge in [0.2, 0.25) is 0 Å². The maximum absolute atomic E-state index is 5.20. The van der Waals surface area contributed by atoms with Crippen molar-refractivity contribution in [2.75, 3.05) is 0 Å². The van der Waals surface area contributed by atoms with Gasteiger partial charge in [-0.1, -0.05) is 84.9 Å². The summed E-state index contributed by atoms with van der Waals surface area (Å²) >= 11 is 0. The first-order chi connectivity index (χ1) is 20.8. The molecule has 2 heteroatoms. The van der Waals surface area contributed by atoms with Gasteiger partial charge in [0.15, 0.2) is 0 Å². The Morgan fingerprint density at radius 2 is 1.31 bits per heavy atom. The first-order valence-electron chi connectivity index (χ1n) is 15.4. The zero-order chi connectivity index (χ0) is 27.8. The number of pyridine rings is 1. The fraction of sp³-hybridized carbons (Fsp3) is 0.175. The van der Waals surface area contributed by atoms with Gasteiger partial charge in [0.05, 0.1) is 16.6 Å². The molecule has 0 unspecified atom stereocenters. The molecule has 5 aromatic carbocycles. The van der Waals surface area contributed by atoms with Crippen LogP contribution in [0.2, 0.25) is 0 Å². The topological polar surface area (TPSA) is 17.3 Å². The zero-order valence-electron chi connectivity index (χ0n) is 24.0. The molecule has 2 nitrogen and oxygen atoms in total. The second-order valence-electron chi connectivity index (χ2n) is 12.2. The number of para-hydroxylation sites is 2. The number of hydrogen-bond donors (Lipinski definition) is 0. The van der Waals surface area contributed by atoms with Crippen LogP contribution in [0.25, 0.3) is 66.4 Å². The Morgan fingerprint density at radius 1 is 0.619 bits per heavy atom. The fourth-order valence-electron chi connectivity index (χ4n) is 7.81. The average Bonchev–Trinajstić information content (AvgIpc) is 3.44. The Balaban J connectivity index is 1.38. The fourth-order valence-corrected chi connectivity index (χ4v) is 7.81. The standard InChI is InChI=1S/C40H32N2/c1-25-19-21-28-34-24-27(20-22-33(34)40-41-35-17-9-10-18-36(35)42(40)37(28)23-25)39-31-15-7-5-13-29(31)38(26-11-3-2-4-12-26)30-14-6-8-16-32(30)39/h5-11,13-19,21,23-24H,2-4,12,20,22H2,1H3. The minimum absolute atomic E-state index is 0.980. The van der Waals surface area contributed by atoms with E-state index in [4.69, 9.17) is 4.98 Å². The van der Waals surface area contributed by atoms with Crippen molar-refractivity contribution in [2.45, 2.75) is 45.4 Å². The summed E-state index contributed by atoms with van der Waals surface area (Å²) in [6.07, 6.45) is 11.9. The van der Waals surface area contributed by atoms with Crippen molar-refractivity contribution in [3.63, 3.8) is 0 Å². The normalized spacial score (nSPS) is 15.5. The number of allylic oxidation sites excluding steroid dienone is 3. The van der Waals surface area contributed by atoms with Crippen LogP contribution in [-0.2, 0) is 6.42 Å². The Kier molecular flexibility index (Phi) is 5.22. The SMILES string of the molecule is Cc1ccc2c3c(c4nc5ccccc5n4c2c1)CCC(c1c2ccccc2c(C2=CCCCC2)c2ccccc12)=C3. The van der Waals surface area contributed by atoms with E-state index in [1.807, 2.05) is 0 Å². The minimum Gasteiger partial charge on any atom is -0.292 e. The summed E-state index contributed by atoms with van der Waals surface area (Å²) in [5, 5.41) is 6.84. The molecule has 0 amide bonds. The third kappa shape index (κ3) is 3.42. The highest BCUT2D eigenvalue weighted by Crippen LogP contribution is 2.45. The lowest BCUT2D eigenvalue weighted by Gasteiger charge is -2.25. The monoisotopic (exact) mass is 540 g/mol. The average molecular weight is 541 g/mol. The number of benzene rings is 5. The molecule has 0 N–H and O–H groups in total. The first kappa shape index (κ1) is 24.0. The van der Waals surface area contributed by atoms with Gasteiger partial charge in [-0.25, -0.2) is 4.98 Å². The van der Waals surface area contributed by atoms with Crippen molar-refractivity contribution in [2.24, 2.45) is 0 Å². The number of fused-ring (bicyclic) bond motifs is 10. The van der Waals surface area contributed by atoms with Gasteiger partial charge in [0.1, 0.15) is 5.65 Å². The van der Waals surface area contributed by atoms with Gasteiger partial charge in [-0.15, -0.1) is 0 Å². The second kappa shape index (κ2) is 9.16. The number of imidazole rings is 1. The van der Waals surface area contributed by atoms with E-state index in [0.717, 1.165) is 24.0 Å². The Labute approximate surface area is 245 Å². The van der Waals surface area contributed by atoms with Gasteiger partial charge in [0.25, 0.3) is 0 Å². The summed E-state index contributed by atoms with van der Waals surface area (Å²) in [7, 11) is 0. The highest BCUT2D eigenvalue weighted by Gasteiger charge is 2.25. The summed E-state index contributed by atoms with van der Waals surface area (Å²) < 4.78 is 2.40. The van der Waals surface area contributed by atoms with Gasteiger partial charge < -0.3 is 0 Å². The molecule has 0 atom stereocenters. The summed E-state index contributed by atoms with van der Waals surface area (Å²) in [5.41, 5.74) is 14.4. The third-order valence-corrected chi connectivity index (χ3v) is 9.67. The van der Waals surface area contributed by atoms with Gasteiger partial charge >= 0.3 is 0 Å². The van der Waals surface area contributed by atoms with Crippen molar-refractivity contribution in [1.82, 2.24) is 9.38 Å². The molecule has 2 aliphatic rings. The van der Waals surface area contributed by atoms with Crippen LogP contribution < -0.4 is 0 Å². The quantitative estimate of drug-likeness (QED) is 0.199. The van der Waals surface area contributed by atoms with Crippen LogP contribution in [0.5, 0.6) is 0 Å². The number of hydrogen-bond acceptors (Lipinski definition) is 1. The number of aromatic nitrogens is 2. The molecular formula is C40H32N2. The van der Waals surface area contributed by atoms with Crippen LogP contribution >= 0.6 is 0 Å². The second-order valence-corrected chi connectivity index (χ2v) is 12.2. The zero-order valence-corrected chi connectivity index (χ0v) is 24.0. The highest BCUT2D eigenvalue weighted by atomic mass is 15.0. The smallest absolute Gasteiger partial charge is 0.142 e. The predicted octanol–water partition coefficient (Wildman–Crippen LogP) is 10.7. The van der Waals surface area contributed by atoms with Crippen molar-refractivity contribution >= 4 is 66.4 Å². The van der Waals surface area contributed by atoms with E-state index in [0.29, 0.717) is 0 Å².